The molecular weight excluding hydrogens is 480 g/mol. The van der Waals surface area contributed by atoms with Crippen molar-refractivity contribution in [2.24, 2.45) is 0 Å². The van der Waals surface area contributed by atoms with Crippen molar-refractivity contribution in [1.29, 1.82) is 0 Å². The van der Waals surface area contributed by atoms with E-state index in [1.807, 2.05) is 17.5 Å². The first-order valence-electron chi connectivity index (χ1n) is 13.2. The zero-order valence-corrected chi connectivity index (χ0v) is 22.7. The first-order valence-corrected chi connectivity index (χ1v) is 14.0. The van der Waals surface area contributed by atoms with Gasteiger partial charge in [0.15, 0.2) is 11.9 Å². The number of fused-ring (bicyclic) bond motifs is 6. The average Bonchev–Trinajstić information content (AvgIpc) is 3.30. The summed E-state index contributed by atoms with van der Waals surface area (Å²) in [6.07, 6.45) is 5.07. The normalized spacial score (nSPS) is 12.2. The van der Waals surface area contributed by atoms with Crippen LogP contribution in [-0.4, -0.2) is 4.98 Å². The van der Waals surface area contributed by atoms with Crippen LogP contribution in [0.4, 0.5) is 0 Å². The summed E-state index contributed by atoms with van der Waals surface area (Å²) in [5.74, 6) is 0. The first-order chi connectivity index (χ1) is 18.5. The second-order valence-corrected chi connectivity index (χ2v) is 12.0. The SMILES string of the molecule is Cc1ccc(-c2ccccc2C(C)(C)Cc2cc3cc4sc5ccccc5c4cc3c3cccc[n+]23)nc1. The Hall–Kier alpha value is -4.08. The first kappa shape index (κ1) is 23.1. The van der Waals surface area contributed by atoms with E-state index in [0.717, 1.165) is 12.1 Å². The molecule has 0 bridgehead atoms. The molecular formula is C35H29N2S+. The van der Waals surface area contributed by atoms with Crippen LogP contribution in [0, 0.1) is 6.92 Å². The van der Waals surface area contributed by atoms with Gasteiger partial charge < -0.3 is 0 Å². The number of aryl methyl sites for hydroxylation is 1. The quantitative estimate of drug-likeness (QED) is 0.171. The van der Waals surface area contributed by atoms with Gasteiger partial charge in [-0.15, -0.1) is 11.3 Å². The summed E-state index contributed by atoms with van der Waals surface area (Å²) in [5, 5.41) is 5.29. The van der Waals surface area contributed by atoms with Gasteiger partial charge in [-0.2, -0.15) is 4.40 Å². The third kappa shape index (κ3) is 3.77. The summed E-state index contributed by atoms with van der Waals surface area (Å²) in [4.78, 5) is 4.76. The molecule has 4 aromatic heterocycles. The van der Waals surface area contributed by atoms with E-state index >= 15 is 0 Å². The van der Waals surface area contributed by atoms with Crippen LogP contribution in [0.2, 0.25) is 0 Å². The Morgan fingerprint density at radius 1 is 0.763 bits per heavy atom. The van der Waals surface area contributed by atoms with Gasteiger partial charge in [0.25, 0.3) is 0 Å². The minimum absolute atomic E-state index is 0.103. The Bertz CT molecular complexity index is 1980. The number of hydrogen-bond donors (Lipinski definition) is 0. The molecule has 0 aliphatic carbocycles. The molecule has 0 atom stereocenters. The molecule has 7 aromatic rings. The molecule has 0 saturated carbocycles. The molecule has 0 amide bonds. The fraction of sp³-hybridized carbons (Fsp3) is 0.143. The Morgan fingerprint density at radius 3 is 2.45 bits per heavy atom. The topological polar surface area (TPSA) is 17.0 Å². The zero-order valence-electron chi connectivity index (χ0n) is 21.9. The van der Waals surface area contributed by atoms with Gasteiger partial charge in [-0.1, -0.05) is 62.4 Å². The molecule has 0 aliphatic rings. The van der Waals surface area contributed by atoms with E-state index in [1.165, 1.54) is 58.8 Å². The molecule has 184 valence electrons. The van der Waals surface area contributed by atoms with Crippen LogP contribution >= 0.6 is 11.3 Å². The lowest BCUT2D eigenvalue weighted by atomic mass is 9.77. The van der Waals surface area contributed by atoms with E-state index in [-0.39, 0.29) is 5.41 Å². The number of aromatic nitrogens is 2. The summed E-state index contributed by atoms with van der Waals surface area (Å²) in [5.41, 5.74) is 7.20. The van der Waals surface area contributed by atoms with Gasteiger partial charge in [-0.25, -0.2) is 0 Å². The lowest BCUT2D eigenvalue weighted by molar-refractivity contribution is -0.521. The summed E-state index contributed by atoms with van der Waals surface area (Å²) in [7, 11) is 0. The number of rotatable bonds is 4. The Morgan fingerprint density at radius 2 is 1.58 bits per heavy atom. The van der Waals surface area contributed by atoms with E-state index in [2.05, 4.69) is 128 Å². The summed E-state index contributed by atoms with van der Waals surface area (Å²) in [6.45, 7) is 6.80. The second kappa shape index (κ2) is 8.75. The van der Waals surface area contributed by atoms with Crippen molar-refractivity contribution >= 4 is 47.8 Å². The van der Waals surface area contributed by atoms with Crippen molar-refractivity contribution in [3.63, 3.8) is 0 Å². The Kier molecular flexibility index (Phi) is 5.31. The number of hydrogen-bond acceptors (Lipinski definition) is 2. The second-order valence-electron chi connectivity index (χ2n) is 11.0. The molecule has 3 aromatic carbocycles. The highest BCUT2D eigenvalue weighted by molar-refractivity contribution is 7.25. The maximum atomic E-state index is 4.76. The summed E-state index contributed by atoms with van der Waals surface area (Å²) >= 11 is 1.88. The molecule has 0 unspecified atom stereocenters. The van der Waals surface area contributed by atoms with Crippen molar-refractivity contribution in [3.05, 3.63) is 126 Å². The molecule has 4 heterocycles. The maximum absolute atomic E-state index is 4.76. The molecule has 0 aliphatic heterocycles. The summed E-state index contributed by atoms with van der Waals surface area (Å²) < 4.78 is 5.08. The number of benzene rings is 3. The zero-order chi connectivity index (χ0) is 25.9. The molecule has 0 saturated heterocycles. The number of pyridine rings is 3. The molecule has 0 fully saturated rings. The molecule has 7 rings (SSSR count). The van der Waals surface area contributed by atoms with Crippen LogP contribution in [-0.2, 0) is 11.8 Å². The maximum Gasteiger partial charge on any atom is 0.218 e. The monoisotopic (exact) mass is 509 g/mol. The fourth-order valence-corrected chi connectivity index (χ4v) is 7.03. The van der Waals surface area contributed by atoms with Crippen molar-refractivity contribution in [2.75, 3.05) is 0 Å². The highest BCUT2D eigenvalue weighted by atomic mass is 32.1. The molecule has 0 radical (unpaired) electrons. The van der Waals surface area contributed by atoms with Crippen molar-refractivity contribution in [3.8, 4) is 11.3 Å². The Labute approximate surface area is 226 Å². The van der Waals surface area contributed by atoms with E-state index < -0.39 is 0 Å². The smallest absolute Gasteiger partial charge is 0.218 e. The van der Waals surface area contributed by atoms with Crippen LogP contribution in [0.3, 0.4) is 0 Å². The van der Waals surface area contributed by atoms with Crippen LogP contribution in [0.25, 0.3) is 47.7 Å². The van der Waals surface area contributed by atoms with Gasteiger partial charge in [-0.3, -0.25) is 4.98 Å². The van der Waals surface area contributed by atoms with Crippen molar-refractivity contribution in [2.45, 2.75) is 32.6 Å². The number of nitrogens with zero attached hydrogens (tertiary/aromatic N) is 2. The molecule has 2 nitrogen and oxygen atoms in total. The largest absolute Gasteiger partial charge is 0.256 e. The minimum atomic E-state index is -0.103. The minimum Gasteiger partial charge on any atom is -0.256 e. The summed E-state index contributed by atoms with van der Waals surface area (Å²) in [6, 6.07) is 35.5. The third-order valence-corrected chi connectivity index (χ3v) is 8.92. The molecule has 0 N–H and O–H groups in total. The van der Waals surface area contributed by atoms with Crippen LogP contribution in [0.15, 0.2) is 109 Å². The standard InChI is InChI=1S/C35H29N2S/c1-23-15-16-31(36-22-23)27-11-4-6-12-30(27)35(2,3)21-25-18-24-19-34-29(26-10-5-7-14-33(26)38-34)20-28(24)32-13-8-9-17-37(25)32/h4-20,22H,21H2,1-3H3/q+1. The van der Waals surface area contributed by atoms with Gasteiger partial charge in [0, 0.05) is 62.0 Å². The predicted octanol–water partition coefficient (Wildman–Crippen LogP) is 8.84. The van der Waals surface area contributed by atoms with Gasteiger partial charge in [0.05, 0.1) is 11.1 Å². The van der Waals surface area contributed by atoms with Gasteiger partial charge >= 0.3 is 0 Å². The van der Waals surface area contributed by atoms with Crippen LogP contribution in [0.1, 0.15) is 30.7 Å². The van der Waals surface area contributed by atoms with Crippen molar-refractivity contribution < 1.29 is 4.40 Å². The van der Waals surface area contributed by atoms with E-state index in [9.17, 15) is 0 Å². The lowest BCUT2D eigenvalue weighted by Gasteiger charge is -2.27. The van der Waals surface area contributed by atoms with Gasteiger partial charge in [-0.05, 0) is 53.8 Å². The van der Waals surface area contributed by atoms with Gasteiger partial charge in [0.2, 0.25) is 5.52 Å². The number of thiophene rings is 1. The van der Waals surface area contributed by atoms with Gasteiger partial charge in [0.1, 0.15) is 0 Å². The predicted molar refractivity (Wildman–Crippen MR) is 161 cm³/mol. The van der Waals surface area contributed by atoms with Crippen LogP contribution < -0.4 is 4.40 Å². The van der Waals surface area contributed by atoms with E-state index in [4.69, 9.17) is 4.98 Å². The fourth-order valence-electron chi connectivity index (χ4n) is 5.90. The third-order valence-electron chi connectivity index (χ3n) is 7.78. The van der Waals surface area contributed by atoms with Crippen molar-refractivity contribution in [1.82, 2.24) is 4.98 Å². The van der Waals surface area contributed by atoms with E-state index in [0.29, 0.717) is 0 Å². The molecule has 3 heteroatoms. The van der Waals surface area contributed by atoms with E-state index in [1.54, 1.807) is 0 Å². The van der Waals surface area contributed by atoms with Crippen LogP contribution in [0.5, 0.6) is 0 Å². The average molecular weight is 510 g/mol. The lowest BCUT2D eigenvalue weighted by Crippen LogP contribution is -2.33. The highest BCUT2D eigenvalue weighted by Crippen LogP contribution is 2.38. The highest BCUT2D eigenvalue weighted by Gasteiger charge is 2.29. The molecule has 0 spiro atoms. The molecule has 38 heavy (non-hydrogen) atoms. The Balaban J connectivity index is 1.40.